The van der Waals surface area contributed by atoms with E-state index in [1.807, 2.05) is 0 Å². The minimum absolute atomic E-state index is 0.252. The molecule has 0 spiro atoms. The van der Waals surface area contributed by atoms with Gasteiger partial charge in [-0.3, -0.25) is 14.5 Å². The van der Waals surface area contributed by atoms with Crippen LogP contribution in [0.15, 0.2) is 12.2 Å². The number of hydrogen-bond donors (Lipinski definition) is 0. The van der Waals surface area contributed by atoms with Crippen LogP contribution < -0.4 is 0 Å². The van der Waals surface area contributed by atoms with Crippen LogP contribution in [0.5, 0.6) is 0 Å². The Hall–Kier alpha value is -0.160. The molecular formula is C6H5Br2NO2. The average molecular weight is 283 g/mol. The third-order valence-electron chi connectivity index (χ3n) is 1.25. The molecule has 1 aliphatic rings. The van der Waals surface area contributed by atoms with E-state index >= 15 is 0 Å². The van der Waals surface area contributed by atoms with Crippen LogP contribution in [0, 0.1) is 0 Å². The van der Waals surface area contributed by atoms with Crippen molar-refractivity contribution in [3.63, 3.8) is 0 Å². The maximum absolute atomic E-state index is 11.0. The van der Waals surface area contributed by atoms with Gasteiger partial charge >= 0.3 is 0 Å². The smallest absolute Gasteiger partial charge is 0.254 e. The summed E-state index contributed by atoms with van der Waals surface area (Å²) in [5.41, 5.74) is 0. The van der Waals surface area contributed by atoms with Crippen molar-refractivity contribution < 1.29 is 9.59 Å². The molecule has 0 unspecified atom stereocenters. The SMILES string of the molecule is O=C1C=CC(=O)N1[C@@H](Br)CBr. The van der Waals surface area contributed by atoms with Crippen LogP contribution in [0.25, 0.3) is 0 Å². The maximum atomic E-state index is 11.0. The van der Waals surface area contributed by atoms with Gasteiger partial charge in [0.05, 0.1) is 0 Å². The van der Waals surface area contributed by atoms with Crippen LogP contribution in [-0.2, 0) is 9.59 Å². The van der Waals surface area contributed by atoms with Crippen molar-refractivity contribution in [2.45, 2.75) is 4.95 Å². The van der Waals surface area contributed by atoms with E-state index in [-0.39, 0.29) is 16.8 Å². The summed E-state index contributed by atoms with van der Waals surface area (Å²) < 4.78 is 0. The van der Waals surface area contributed by atoms with Crippen LogP contribution >= 0.6 is 31.9 Å². The van der Waals surface area contributed by atoms with Crippen LogP contribution in [-0.4, -0.2) is 27.0 Å². The Bertz CT molecular complexity index is 209. The number of nitrogens with zero attached hydrogens (tertiary/aromatic N) is 1. The van der Waals surface area contributed by atoms with Crippen molar-refractivity contribution in [1.82, 2.24) is 4.90 Å². The lowest BCUT2D eigenvalue weighted by atomic mass is 10.5. The number of imide groups is 1. The molecule has 0 aromatic carbocycles. The first-order valence-corrected chi connectivity index (χ1v) is 4.96. The third kappa shape index (κ3) is 1.70. The van der Waals surface area contributed by atoms with Gasteiger partial charge in [0, 0.05) is 17.5 Å². The number of alkyl halides is 2. The molecule has 1 aliphatic heterocycles. The molecule has 0 aromatic heterocycles. The fourth-order valence-corrected chi connectivity index (χ4v) is 1.45. The molecule has 5 heteroatoms. The van der Waals surface area contributed by atoms with Gasteiger partial charge in [0.1, 0.15) is 4.95 Å². The molecule has 3 nitrogen and oxygen atoms in total. The van der Waals surface area contributed by atoms with Crippen molar-refractivity contribution in [1.29, 1.82) is 0 Å². The Labute approximate surface area is 80.7 Å². The summed E-state index contributed by atoms with van der Waals surface area (Å²) in [6, 6.07) is 0. The number of carbonyl (C=O) groups is 2. The largest absolute Gasteiger partial charge is 0.269 e. The van der Waals surface area contributed by atoms with Crippen molar-refractivity contribution >= 4 is 43.7 Å². The fraction of sp³-hybridized carbons (Fsp3) is 0.333. The molecule has 1 heterocycles. The third-order valence-corrected chi connectivity index (χ3v) is 3.47. The van der Waals surface area contributed by atoms with E-state index < -0.39 is 0 Å². The first kappa shape index (κ1) is 8.93. The van der Waals surface area contributed by atoms with Gasteiger partial charge in [-0.1, -0.05) is 31.9 Å². The topological polar surface area (TPSA) is 37.4 Å². The van der Waals surface area contributed by atoms with Gasteiger partial charge in [-0.2, -0.15) is 0 Å². The average Bonchev–Trinajstić information content (AvgIpc) is 2.30. The predicted octanol–water partition coefficient (Wildman–Crippen LogP) is 1.03. The summed E-state index contributed by atoms with van der Waals surface area (Å²) in [5, 5.41) is 0.534. The molecular weight excluding hydrogens is 278 g/mol. The molecule has 60 valence electrons. The van der Waals surface area contributed by atoms with Gasteiger partial charge in [-0.25, -0.2) is 0 Å². The van der Waals surface area contributed by atoms with Gasteiger partial charge in [-0.15, -0.1) is 0 Å². The molecule has 0 aliphatic carbocycles. The van der Waals surface area contributed by atoms with Gasteiger partial charge in [0.15, 0.2) is 0 Å². The van der Waals surface area contributed by atoms with Crippen molar-refractivity contribution in [3.05, 3.63) is 12.2 Å². The number of halogens is 2. The van der Waals surface area contributed by atoms with Crippen molar-refractivity contribution in [2.75, 3.05) is 5.33 Å². The second-order valence-electron chi connectivity index (χ2n) is 1.97. The maximum Gasteiger partial charge on any atom is 0.254 e. The molecule has 0 saturated heterocycles. The molecule has 0 radical (unpaired) electrons. The second-order valence-corrected chi connectivity index (χ2v) is 3.67. The standard InChI is InChI=1S/C6H5Br2NO2/c7-3-4(8)9-5(10)1-2-6(9)11/h1-2,4H,3H2/t4-/m1/s1. The second kappa shape index (κ2) is 3.49. The molecule has 1 rings (SSSR count). The van der Waals surface area contributed by atoms with Gasteiger partial charge < -0.3 is 0 Å². The van der Waals surface area contributed by atoms with Crippen molar-refractivity contribution in [2.24, 2.45) is 0 Å². The van der Waals surface area contributed by atoms with Gasteiger partial charge in [0.2, 0.25) is 0 Å². The highest BCUT2D eigenvalue weighted by Gasteiger charge is 2.28. The molecule has 0 N–H and O–H groups in total. The van der Waals surface area contributed by atoms with Gasteiger partial charge in [-0.05, 0) is 0 Å². The molecule has 0 saturated carbocycles. The van der Waals surface area contributed by atoms with Crippen LogP contribution in [0.3, 0.4) is 0 Å². The quantitative estimate of drug-likeness (QED) is 0.431. The molecule has 1 atom stereocenters. The highest BCUT2D eigenvalue weighted by atomic mass is 79.9. The number of carbonyl (C=O) groups excluding carboxylic acids is 2. The highest BCUT2D eigenvalue weighted by molar-refractivity contribution is 9.12. The van der Waals surface area contributed by atoms with Crippen molar-refractivity contribution in [3.8, 4) is 0 Å². The van der Waals surface area contributed by atoms with E-state index in [1.54, 1.807) is 0 Å². The molecule has 11 heavy (non-hydrogen) atoms. The molecule has 0 bridgehead atoms. The lowest BCUT2D eigenvalue weighted by Crippen LogP contribution is -2.37. The lowest BCUT2D eigenvalue weighted by molar-refractivity contribution is -0.136. The monoisotopic (exact) mass is 281 g/mol. The first-order valence-electron chi connectivity index (χ1n) is 2.92. The Balaban J connectivity index is 2.73. The number of rotatable bonds is 2. The summed E-state index contributed by atoms with van der Waals surface area (Å²) >= 11 is 6.34. The highest BCUT2D eigenvalue weighted by Crippen LogP contribution is 2.15. The predicted molar refractivity (Wildman–Crippen MR) is 47.5 cm³/mol. The number of amides is 2. The Kier molecular flexibility index (Phi) is 2.84. The zero-order chi connectivity index (χ0) is 8.43. The van der Waals surface area contributed by atoms with E-state index in [9.17, 15) is 9.59 Å². The summed E-state index contributed by atoms with van der Waals surface area (Å²) in [6.07, 6.45) is 2.53. The fourth-order valence-electron chi connectivity index (χ4n) is 0.757. The molecule has 0 fully saturated rings. The normalized spacial score (nSPS) is 19.6. The zero-order valence-corrected chi connectivity index (χ0v) is 8.63. The molecule has 0 aromatic rings. The minimum atomic E-state index is -0.267. The van der Waals surface area contributed by atoms with E-state index in [1.165, 1.54) is 12.2 Å². The lowest BCUT2D eigenvalue weighted by Gasteiger charge is -2.17. The first-order chi connectivity index (χ1) is 5.16. The van der Waals surface area contributed by atoms with E-state index in [0.717, 1.165) is 4.90 Å². The van der Waals surface area contributed by atoms with E-state index in [4.69, 9.17) is 0 Å². The van der Waals surface area contributed by atoms with Crippen LogP contribution in [0.1, 0.15) is 0 Å². The van der Waals surface area contributed by atoms with Crippen LogP contribution in [0.2, 0.25) is 0 Å². The minimum Gasteiger partial charge on any atom is -0.269 e. The van der Waals surface area contributed by atoms with E-state index in [0.29, 0.717) is 5.33 Å². The molecule has 2 amide bonds. The summed E-state index contributed by atoms with van der Waals surface area (Å²) in [7, 11) is 0. The van der Waals surface area contributed by atoms with Crippen LogP contribution in [0.4, 0.5) is 0 Å². The summed E-state index contributed by atoms with van der Waals surface area (Å²) in [4.78, 5) is 22.8. The Morgan fingerprint density at radius 1 is 1.36 bits per heavy atom. The number of hydrogen-bond acceptors (Lipinski definition) is 2. The Morgan fingerprint density at radius 2 is 1.82 bits per heavy atom. The van der Waals surface area contributed by atoms with Gasteiger partial charge in [0.25, 0.3) is 11.8 Å². The summed E-state index contributed by atoms with van der Waals surface area (Å²) in [6.45, 7) is 0. The zero-order valence-electron chi connectivity index (χ0n) is 5.46. The van der Waals surface area contributed by atoms with E-state index in [2.05, 4.69) is 31.9 Å². The Morgan fingerprint density at radius 3 is 2.18 bits per heavy atom. The summed E-state index contributed by atoms with van der Waals surface area (Å²) in [5.74, 6) is -0.535.